The summed E-state index contributed by atoms with van der Waals surface area (Å²) in [5, 5.41) is 0. The number of hydrogen-bond donors (Lipinski definition) is 1. The molecule has 1 aliphatic heterocycles. The smallest absolute Gasteiger partial charge is 0.244 e. The van der Waals surface area contributed by atoms with Gasteiger partial charge >= 0.3 is 0 Å². The number of nitrogens with two attached hydrogens (primary N) is 1. The highest BCUT2D eigenvalue weighted by Crippen LogP contribution is 2.28. The fraction of sp³-hybridized carbons (Fsp3) is 0.500. The molecule has 1 saturated heterocycles. The van der Waals surface area contributed by atoms with E-state index in [2.05, 4.69) is 15.9 Å². The number of sulfonamides is 1. The molecule has 1 fully saturated rings. The molecule has 1 heterocycles. The second-order valence-electron chi connectivity index (χ2n) is 4.72. The van der Waals surface area contributed by atoms with E-state index in [9.17, 15) is 12.8 Å². The largest absolute Gasteiger partial charge is 0.398 e. The average Bonchev–Trinajstić information content (AvgIpc) is 2.86. The molecule has 8 heteroatoms. The topological polar surface area (TPSA) is 72.6 Å². The van der Waals surface area contributed by atoms with E-state index in [0.29, 0.717) is 6.61 Å². The van der Waals surface area contributed by atoms with Gasteiger partial charge in [0.1, 0.15) is 10.7 Å². The fourth-order valence-electron chi connectivity index (χ4n) is 2.11. The van der Waals surface area contributed by atoms with Crippen molar-refractivity contribution in [1.29, 1.82) is 0 Å². The number of anilines is 1. The van der Waals surface area contributed by atoms with Gasteiger partial charge in [-0.1, -0.05) is 0 Å². The third kappa shape index (κ3) is 3.13. The Morgan fingerprint density at radius 2 is 2.25 bits per heavy atom. The van der Waals surface area contributed by atoms with Crippen molar-refractivity contribution in [2.75, 3.05) is 25.9 Å². The van der Waals surface area contributed by atoms with E-state index >= 15 is 0 Å². The Kier molecular flexibility index (Phi) is 4.68. The van der Waals surface area contributed by atoms with E-state index in [0.717, 1.165) is 18.9 Å². The molecule has 0 amide bonds. The quantitative estimate of drug-likeness (QED) is 0.826. The van der Waals surface area contributed by atoms with Crippen LogP contribution in [0.4, 0.5) is 10.1 Å². The van der Waals surface area contributed by atoms with Crippen LogP contribution in [0.3, 0.4) is 0 Å². The lowest BCUT2D eigenvalue weighted by Crippen LogP contribution is -2.34. The molecule has 0 aliphatic carbocycles. The van der Waals surface area contributed by atoms with Gasteiger partial charge in [-0.05, 0) is 40.9 Å². The SMILES string of the molecule is CN(CC1CCCO1)S(=O)(=O)c1cc(Br)c(F)cc1N. The lowest BCUT2D eigenvalue weighted by Gasteiger charge is -2.21. The Hall–Kier alpha value is -0.700. The third-order valence-corrected chi connectivity index (χ3v) is 5.71. The number of rotatable bonds is 4. The molecular weight excluding hydrogens is 351 g/mol. The zero-order valence-electron chi connectivity index (χ0n) is 11.0. The van der Waals surface area contributed by atoms with Gasteiger partial charge in [0.05, 0.1) is 16.3 Å². The van der Waals surface area contributed by atoms with Gasteiger partial charge in [0, 0.05) is 20.2 Å². The van der Waals surface area contributed by atoms with Crippen molar-refractivity contribution in [3.8, 4) is 0 Å². The Morgan fingerprint density at radius 3 is 2.85 bits per heavy atom. The second kappa shape index (κ2) is 5.97. The summed E-state index contributed by atoms with van der Waals surface area (Å²) >= 11 is 2.97. The van der Waals surface area contributed by atoms with Crippen molar-refractivity contribution in [3.05, 3.63) is 22.4 Å². The van der Waals surface area contributed by atoms with Crippen LogP contribution in [0.5, 0.6) is 0 Å². The molecule has 5 nitrogen and oxygen atoms in total. The van der Waals surface area contributed by atoms with Crippen LogP contribution in [0.25, 0.3) is 0 Å². The zero-order chi connectivity index (χ0) is 14.9. The van der Waals surface area contributed by atoms with Crippen molar-refractivity contribution >= 4 is 31.6 Å². The standard InChI is InChI=1S/C12H16BrFN2O3S/c1-16(7-8-3-2-4-19-8)20(17,18)12-5-9(13)10(14)6-11(12)15/h5-6,8H,2-4,7,15H2,1H3. The monoisotopic (exact) mass is 366 g/mol. The van der Waals surface area contributed by atoms with Crippen LogP contribution >= 0.6 is 15.9 Å². The molecule has 1 aromatic carbocycles. The van der Waals surface area contributed by atoms with Gasteiger partial charge in [0.25, 0.3) is 0 Å². The van der Waals surface area contributed by atoms with Gasteiger partial charge in [-0.15, -0.1) is 0 Å². The summed E-state index contributed by atoms with van der Waals surface area (Å²) in [6.45, 7) is 0.916. The molecule has 2 rings (SSSR count). The van der Waals surface area contributed by atoms with Crippen LogP contribution in [-0.4, -0.2) is 39.0 Å². The van der Waals surface area contributed by atoms with Gasteiger partial charge in [-0.2, -0.15) is 4.31 Å². The Morgan fingerprint density at radius 1 is 1.55 bits per heavy atom. The first-order valence-corrected chi connectivity index (χ1v) is 8.38. The molecule has 0 saturated carbocycles. The van der Waals surface area contributed by atoms with E-state index in [4.69, 9.17) is 10.5 Å². The van der Waals surface area contributed by atoms with Crippen LogP contribution in [0, 0.1) is 5.82 Å². The molecule has 1 aromatic rings. The van der Waals surface area contributed by atoms with Crippen molar-refractivity contribution < 1.29 is 17.5 Å². The van der Waals surface area contributed by atoms with Crippen LogP contribution < -0.4 is 5.73 Å². The first kappa shape index (κ1) is 15.7. The number of nitrogen functional groups attached to an aromatic ring is 1. The summed E-state index contributed by atoms with van der Waals surface area (Å²) in [6, 6.07) is 2.18. The highest BCUT2D eigenvalue weighted by molar-refractivity contribution is 9.10. The van der Waals surface area contributed by atoms with Crippen LogP contribution in [0.1, 0.15) is 12.8 Å². The summed E-state index contributed by atoms with van der Waals surface area (Å²) in [5.41, 5.74) is 5.52. The highest BCUT2D eigenvalue weighted by Gasteiger charge is 2.28. The molecule has 1 unspecified atom stereocenters. The predicted octanol–water partition coefficient (Wildman–Crippen LogP) is 1.97. The number of nitrogens with zero attached hydrogens (tertiary/aromatic N) is 1. The highest BCUT2D eigenvalue weighted by atomic mass is 79.9. The molecule has 0 bridgehead atoms. The maximum Gasteiger partial charge on any atom is 0.244 e. The maximum absolute atomic E-state index is 13.3. The summed E-state index contributed by atoms with van der Waals surface area (Å²) in [5.74, 6) is -0.594. The van der Waals surface area contributed by atoms with E-state index in [1.165, 1.54) is 17.4 Å². The normalized spacial score (nSPS) is 19.7. The van der Waals surface area contributed by atoms with Crippen molar-refractivity contribution in [2.45, 2.75) is 23.8 Å². The van der Waals surface area contributed by atoms with E-state index in [1.807, 2.05) is 0 Å². The lowest BCUT2D eigenvalue weighted by molar-refractivity contribution is 0.0979. The second-order valence-corrected chi connectivity index (χ2v) is 7.59. The molecule has 1 atom stereocenters. The predicted molar refractivity (Wildman–Crippen MR) is 77.3 cm³/mol. The number of ether oxygens (including phenoxy) is 1. The molecule has 0 spiro atoms. The summed E-state index contributed by atoms with van der Waals surface area (Å²) in [6.07, 6.45) is 1.67. The van der Waals surface area contributed by atoms with Crippen LogP contribution in [0.15, 0.2) is 21.5 Å². The van der Waals surface area contributed by atoms with Gasteiger partial charge in [0.15, 0.2) is 0 Å². The van der Waals surface area contributed by atoms with Crippen molar-refractivity contribution in [3.63, 3.8) is 0 Å². The van der Waals surface area contributed by atoms with Gasteiger partial charge in [-0.3, -0.25) is 0 Å². The summed E-state index contributed by atoms with van der Waals surface area (Å²) in [4.78, 5) is -0.105. The van der Waals surface area contributed by atoms with E-state index in [-0.39, 0.29) is 27.7 Å². The van der Waals surface area contributed by atoms with Crippen molar-refractivity contribution in [2.24, 2.45) is 0 Å². The first-order chi connectivity index (χ1) is 9.32. The Balaban J connectivity index is 2.27. The summed E-state index contributed by atoms with van der Waals surface area (Å²) in [7, 11) is -2.30. The number of hydrogen-bond acceptors (Lipinski definition) is 4. The Labute approximate surface area is 126 Å². The summed E-state index contributed by atoms with van der Waals surface area (Å²) < 4.78 is 44.9. The minimum Gasteiger partial charge on any atom is -0.398 e. The maximum atomic E-state index is 13.3. The molecule has 0 aromatic heterocycles. The lowest BCUT2D eigenvalue weighted by atomic mass is 10.2. The molecule has 0 radical (unpaired) electrons. The molecule has 1 aliphatic rings. The molecule has 2 N–H and O–H groups in total. The molecular formula is C12H16BrFN2O3S. The van der Waals surface area contributed by atoms with E-state index in [1.54, 1.807) is 0 Å². The van der Waals surface area contributed by atoms with Crippen molar-refractivity contribution in [1.82, 2.24) is 4.31 Å². The molecule has 112 valence electrons. The van der Waals surface area contributed by atoms with Crippen LogP contribution in [0.2, 0.25) is 0 Å². The Bertz CT molecular complexity index is 603. The molecule has 20 heavy (non-hydrogen) atoms. The number of benzene rings is 1. The minimum atomic E-state index is -3.76. The third-order valence-electron chi connectivity index (χ3n) is 3.23. The zero-order valence-corrected chi connectivity index (χ0v) is 13.4. The fourth-order valence-corrected chi connectivity index (χ4v) is 3.93. The van der Waals surface area contributed by atoms with Gasteiger partial charge in [0.2, 0.25) is 10.0 Å². The number of halogens is 2. The first-order valence-electron chi connectivity index (χ1n) is 6.15. The van der Waals surface area contributed by atoms with Gasteiger partial charge < -0.3 is 10.5 Å². The minimum absolute atomic E-state index is 0.0655. The number of likely N-dealkylation sites (N-methyl/N-ethyl adjacent to an activating group) is 1. The average molecular weight is 367 g/mol. The van der Waals surface area contributed by atoms with Gasteiger partial charge in [-0.25, -0.2) is 12.8 Å². The van der Waals surface area contributed by atoms with Crippen LogP contribution in [-0.2, 0) is 14.8 Å². The van der Waals surface area contributed by atoms with E-state index < -0.39 is 15.8 Å².